The zero-order valence-corrected chi connectivity index (χ0v) is 12.3. The Morgan fingerprint density at radius 2 is 1.50 bits per heavy atom. The smallest absolute Gasteiger partial charge is 0.0906 e. The Kier molecular flexibility index (Phi) is 4.54. The highest BCUT2D eigenvalue weighted by Crippen LogP contribution is 2.64. The average Bonchev–Trinajstić information content (AvgIpc) is 1.80. The van der Waals surface area contributed by atoms with Gasteiger partial charge < -0.3 is 17.4 Å². The summed E-state index contributed by atoms with van der Waals surface area (Å²) in [7, 11) is 0. The Bertz CT molecular complexity index is 188. The van der Waals surface area contributed by atoms with Crippen LogP contribution in [-0.4, -0.2) is 29.2 Å². The van der Waals surface area contributed by atoms with Gasteiger partial charge >= 0.3 is 0 Å². The summed E-state index contributed by atoms with van der Waals surface area (Å²) < 4.78 is 0. The molecule has 0 aromatic carbocycles. The van der Waals surface area contributed by atoms with Crippen LogP contribution in [0.5, 0.6) is 0 Å². The summed E-state index contributed by atoms with van der Waals surface area (Å²) in [6.07, 6.45) is 0.507. The summed E-state index contributed by atoms with van der Waals surface area (Å²) in [6, 6.07) is 0. The maximum Gasteiger partial charge on any atom is 0.0906 e. The van der Waals surface area contributed by atoms with E-state index in [1.165, 1.54) is 0 Å². The molecule has 0 aliphatic heterocycles. The standard InChI is InChI=1S/C11H25OPS/c1-10(2,3)9(12)8-13(7,14)11(4,5)6/h9,12H,8H2,1-7H3/t9-,13?/m0/s1. The first kappa shape index (κ1) is 14.7. The largest absolute Gasteiger partial charge is 0.556 e. The fourth-order valence-electron chi connectivity index (χ4n) is 0.878. The molecular weight excluding hydrogens is 211 g/mol. The van der Waals surface area contributed by atoms with Gasteiger partial charge in [-0.05, 0) is 26.2 Å². The molecule has 0 bridgehead atoms. The van der Waals surface area contributed by atoms with E-state index in [0.29, 0.717) is 0 Å². The molecule has 0 aromatic heterocycles. The molecule has 0 heterocycles. The first-order valence-corrected chi connectivity index (χ1v) is 8.56. The van der Waals surface area contributed by atoms with Crippen molar-refractivity contribution in [3.63, 3.8) is 0 Å². The molecule has 0 radical (unpaired) electrons. The molecule has 1 N–H and O–H groups in total. The molecule has 1 nitrogen and oxygen atoms in total. The van der Waals surface area contributed by atoms with Crippen molar-refractivity contribution in [1.29, 1.82) is 0 Å². The zero-order chi connectivity index (χ0) is 11.8. The van der Waals surface area contributed by atoms with Crippen LogP contribution in [0, 0.1) is 5.41 Å². The molecule has 0 amide bonds. The minimum absolute atomic E-state index is 0.0503. The van der Waals surface area contributed by atoms with E-state index in [9.17, 15) is 5.11 Å². The summed E-state index contributed by atoms with van der Waals surface area (Å²) >= 11 is 5.68. The summed E-state index contributed by atoms with van der Waals surface area (Å²) in [5.74, 6) is 0. The van der Waals surface area contributed by atoms with E-state index in [1.54, 1.807) is 0 Å². The quantitative estimate of drug-likeness (QED) is 0.586. The van der Waals surface area contributed by atoms with E-state index in [2.05, 4.69) is 48.2 Å². The predicted molar refractivity (Wildman–Crippen MR) is 70.3 cm³/mol. The van der Waals surface area contributed by atoms with Crippen molar-refractivity contribution in [2.45, 2.75) is 52.8 Å². The van der Waals surface area contributed by atoms with Gasteiger partial charge in [0, 0.05) is 6.66 Å². The Labute approximate surface area is 95.2 Å². The van der Waals surface area contributed by atoms with Crippen LogP contribution in [0.1, 0.15) is 41.5 Å². The second-order valence-electron chi connectivity index (χ2n) is 6.34. The minimum atomic E-state index is -1.45. The molecule has 0 aliphatic rings. The third-order valence-corrected chi connectivity index (χ3v) is 8.91. The fraction of sp³-hybridized carbons (Fsp3) is 1.00. The van der Waals surface area contributed by atoms with Crippen LogP contribution < -0.4 is 0 Å². The highest BCUT2D eigenvalue weighted by molar-refractivity contribution is 8.42. The predicted octanol–water partition coefficient (Wildman–Crippen LogP) is 3.30. The Morgan fingerprint density at radius 3 is 1.71 bits per heavy atom. The third kappa shape index (κ3) is 4.08. The SMILES string of the molecule is CC(C)(C)[C@@H](O)C[P+](C)([S-])C(C)(C)C. The van der Waals surface area contributed by atoms with Gasteiger partial charge in [-0.15, -0.1) is 6.46 Å². The molecule has 0 aromatic rings. The van der Waals surface area contributed by atoms with Gasteiger partial charge in [-0.3, -0.25) is 0 Å². The Balaban J connectivity index is 4.53. The van der Waals surface area contributed by atoms with Crippen molar-refractivity contribution >= 4 is 18.7 Å². The maximum atomic E-state index is 10.0. The van der Waals surface area contributed by atoms with Gasteiger partial charge in [-0.25, -0.2) is 0 Å². The van der Waals surface area contributed by atoms with Crippen molar-refractivity contribution in [3.05, 3.63) is 0 Å². The van der Waals surface area contributed by atoms with Gasteiger partial charge in [-0.1, -0.05) is 20.8 Å². The van der Waals surface area contributed by atoms with E-state index in [4.69, 9.17) is 12.2 Å². The van der Waals surface area contributed by atoms with Gasteiger partial charge in [0.05, 0.1) is 17.4 Å². The number of rotatable bonds is 2. The van der Waals surface area contributed by atoms with E-state index < -0.39 is 6.46 Å². The van der Waals surface area contributed by atoms with Gasteiger partial charge in [0.2, 0.25) is 0 Å². The average molecular weight is 236 g/mol. The lowest BCUT2D eigenvalue weighted by Crippen LogP contribution is -2.34. The van der Waals surface area contributed by atoms with Gasteiger partial charge in [0.1, 0.15) is 0 Å². The molecule has 0 saturated carbocycles. The van der Waals surface area contributed by atoms with Crippen molar-refractivity contribution in [2.24, 2.45) is 5.41 Å². The molecule has 14 heavy (non-hydrogen) atoms. The molecule has 0 fully saturated rings. The summed E-state index contributed by atoms with van der Waals surface area (Å²) in [5.41, 5.74) is -0.0503. The highest BCUT2D eigenvalue weighted by Gasteiger charge is 2.37. The van der Waals surface area contributed by atoms with Crippen molar-refractivity contribution in [1.82, 2.24) is 0 Å². The topological polar surface area (TPSA) is 20.2 Å². The molecule has 86 valence electrons. The molecule has 2 atom stereocenters. The van der Waals surface area contributed by atoms with Gasteiger partial charge in [-0.2, -0.15) is 0 Å². The van der Waals surface area contributed by atoms with Crippen LogP contribution in [0.15, 0.2) is 0 Å². The first-order valence-electron chi connectivity index (χ1n) is 5.12. The number of aliphatic hydroxyl groups excluding tert-OH is 1. The van der Waals surface area contributed by atoms with Crippen LogP contribution >= 0.6 is 6.46 Å². The van der Waals surface area contributed by atoms with E-state index in [1.807, 2.05) is 0 Å². The first-order chi connectivity index (χ1) is 5.88. The normalized spacial score (nSPS) is 20.4. The number of hydrogen-bond donors (Lipinski definition) is 1. The number of aliphatic hydroxyl groups is 1. The molecule has 0 rings (SSSR count). The lowest BCUT2D eigenvalue weighted by Gasteiger charge is -2.44. The van der Waals surface area contributed by atoms with Gasteiger partial charge in [0.25, 0.3) is 0 Å². The van der Waals surface area contributed by atoms with Crippen LogP contribution in [0.2, 0.25) is 0 Å². The van der Waals surface area contributed by atoms with Crippen LogP contribution in [0.25, 0.3) is 0 Å². The summed E-state index contributed by atoms with van der Waals surface area (Å²) in [6.45, 7) is 13.5. The molecular formula is C11H25OPS. The summed E-state index contributed by atoms with van der Waals surface area (Å²) in [4.78, 5) is 0. The van der Waals surface area contributed by atoms with E-state index in [0.717, 1.165) is 6.16 Å². The monoisotopic (exact) mass is 236 g/mol. The Morgan fingerprint density at radius 1 is 1.14 bits per heavy atom. The van der Waals surface area contributed by atoms with Crippen molar-refractivity contribution < 1.29 is 5.11 Å². The van der Waals surface area contributed by atoms with E-state index in [-0.39, 0.29) is 16.7 Å². The molecule has 0 aliphatic carbocycles. The van der Waals surface area contributed by atoms with E-state index >= 15 is 0 Å². The number of hydrogen-bond acceptors (Lipinski definition) is 2. The van der Waals surface area contributed by atoms with Crippen molar-refractivity contribution in [2.75, 3.05) is 12.8 Å². The van der Waals surface area contributed by atoms with Crippen LogP contribution in [-0.2, 0) is 12.2 Å². The second kappa shape index (κ2) is 4.31. The molecule has 3 heteroatoms. The highest BCUT2D eigenvalue weighted by atomic mass is 32.7. The summed E-state index contributed by atoms with van der Waals surface area (Å²) in [5, 5.41) is 10.2. The molecule has 0 saturated heterocycles. The second-order valence-corrected chi connectivity index (χ2v) is 12.7. The van der Waals surface area contributed by atoms with Crippen LogP contribution in [0.4, 0.5) is 0 Å². The third-order valence-electron chi connectivity index (χ3n) is 2.94. The van der Waals surface area contributed by atoms with Crippen LogP contribution in [0.3, 0.4) is 0 Å². The van der Waals surface area contributed by atoms with Crippen molar-refractivity contribution in [3.8, 4) is 0 Å². The fourth-order valence-corrected chi connectivity index (χ4v) is 3.06. The molecule has 0 spiro atoms. The minimum Gasteiger partial charge on any atom is -0.556 e. The zero-order valence-electron chi connectivity index (χ0n) is 10.6. The Hall–Kier alpha value is 0.740. The van der Waals surface area contributed by atoms with Gasteiger partial charge in [0.15, 0.2) is 0 Å². The lowest BCUT2D eigenvalue weighted by molar-refractivity contribution is 0.0829. The maximum absolute atomic E-state index is 10.0. The lowest BCUT2D eigenvalue weighted by atomic mass is 9.90. The molecule has 1 unspecified atom stereocenters.